The van der Waals surface area contributed by atoms with Crippen LogP contribution in [0.5, 0.6) is 5.75 Å². The van der Waals surface area contributed by atoms with Gasteiger partial charge < -0.3 is 15.0 Å². The molecule has 3 aromatic carbocycles. The first-order valence-electron chi connectivity index (χ1n) is 10.1. The van der Waals surface area contributed by atoms with Crippen molar-refractivity contribution in [2.45, 2.75) is 19.9 Å². The van der Waals surface area contributed by atoms with Gasteiger partial charge in [-0.25, -0.2) is 0 Å². The molecule has 0 saturated heterocycles. The van der Waals surface area contributed by atoms with E-state index in [9.17, 15) is 9.59 Å². The van der Waals surface area contributed by atoms with Gasteiger partial charge in [0.1, 0.15) is 5.75 Å². The maximum Gasteiger partial charge on any atom is 0.258 e. The van der Waals surface area contributed by atoms with Crippen LogP contribution in [-0.4, -0.2) is 25.0 Å². The number of rotatable bonds is 6. The number of aryl methyl sites for hydroxylation is 1. The van der Waals surface area contributed by atoms with Gasteiger partial charge >= 0.3 is 0 Å². The summed E-state index contributed by atoms with van der Waals surface area (Å²) >= 11 is 5.84. The summed E-state index contributed by atoms with van der Waals surface area (Å²) in [6, 6.07) is 20.5. The van der Waals surface area contributed by atoms with Gasteiger partial charge in [0.2, 0.25) is 0 Å². The Morgan fingerprint density at radius 3 is 2.65 bits per heavy atom. The molecule has 158 valence electrons. The van der Waals surface area contributed by atoms with Crippen molar-refractivity contribution in [3.63, 3.8) is 0 Å². The van der Waals surface area contributed by atoms with Crippen molar-refractivity contribution in [3.8, 4) is 5.75 Å². The highest BCUT2D eigenvalue weighted by molar-refractivity contribution is 6.30. The Kier molecular flexibility index (Phi) is 6.23. The second-order valence-corrected chi connectivity index (χ2v) is 8.00. The summed E-state index contributed by atoms with van der Waals surface area (Å²) in [4.78, 5) is 26.8. The van der Waals surface area contributed by atoms with Crippen LogP contribution < -0.4 is 15.0 Å². The molecular formula is C25H23ClN2O3. The Balaban J connectivity index is 1.34. The van der Waals surface area contributed by atoms with Crippen LogP contribution in [0.25, 0.3) is 0 Å². The molecule has 0 radical (unpaired) electrons. The van der Waals surface area contributed by atoms with E-state index >= 15 is 0 Å². The first-order chi connectivity index (χ1) is 15.0. The number of benzene rings is 3. The first-order valence-corrected chi connectivity index (χ1v) is 10.5. The number of carbonyl (C=O) groups excluding carboxylic acids is 2. The summed E-state index contributed by atoms with van der Waals surface area (Å²) in [6.07, 6.45) is 0.800. The average molecular weight is 435 g/mol. The molecule has 3 aromatic rings. The van der Waals surface area contributed by atoms with Gasteiger partial charge in [0.05, 0.1) is 0 Å². The standard InChI is InChI=1S/C25H23ClN2O3/c1-17-3-2-4-20(13-17)25(30)28-12-11-19-14-18(5-10-23(19)28)15-27-24(29)16-31-22-8-6-21(26)7-9-22/h2-10,13-14H,11-12,15-16H2,1H3,(H,27,29). The molecule has 0 aromatic heterocycles. The number of carbonyl (C=O) groups is 2. The second-order valence-electron chi connectivity index (χ2n) is 7.56. The fourth-order valence-corrected chi connectivity index (χ4v) is 3.77. The highest BCUT2D eigenvalue weighted by Crippen LogP contribution is 2.30. The number of hydrogen-bond acceptors (Lipinski definition) is 3. The van der Waals surface area contributed by atoms with Gasteiger partial charge in [0, 0.05) is 29.4 Å². The van der Waals surface area contributed by atoms with E-state index in [-0.39, 0.29) is 18.4 Å². The lowest BCUT2D eigenvalue weighted by Crippen LogP contribution is -2.29. The zero-order chi connectivity index (χ0) is 21.8. The number of anilines is 1. The Morgan fingerprint density at radius 1 is 1.06 bits per heavy atom. The van der Waals surface area contributed by atoms with Crippen molar-refractivity contribution in [2.24, 2.45) is 0 Å². The van der Waals surface area contributed by atoms with Gasteiger partial charge in [-0.3, -0.25) is 9.59 Å². The van der Waals surface area contributed by atoms with E-state index in [0.29, 0.717) is 29.4 Å². The number of halogens is 1. The van der Waals surface area contributed by atoms with Crippen LogP contribution in [0.15, 0.2) is 66.7 Å². The van der Waals surface area contributed by atoms with Crippen LogP contribution in [0.3, 0.4) is 0 Å². The van der Waals surface area contributed by atoms with E-state index in [1.165, 1.54) is 0 Å². The molecule has 0 saturated carbocycles. The topological polar surface area (TPSA) is 58.6 Å². The molecule has 2 amide bonds. The molecule has 0 bridgehead atoms. The van der Waals surface area contributed by atoms with Crippen LogP contribution in [0.1, 0.15) is 27.0 Å². The summed E-state index contributed by atoms with van der Waals surface area (Å²) in [6.45, 7) is 2.98. The Morgan fingerprint density at radius 2 is 1.87 bits per heavy atom. The lowest BCUT2D eigenvalue weighted by molar-refractivity contribution is -0.123. The monoisotopic (exact) mass is 434 g/mol. The van der Waals surface area contributed by atoms with Crippen LogP contribution in [-0.2, 0) is 17.8 Å². The lowest BCUT2D eigenvalue weighted by atomic mass is 10.1. The molecule has 0 aliphatic carbocycles. The van der Waals surface area contributed by atoms with E-state index in [2.05, 4.69) is 11.4 Å². The second kappa shape index (κ2) is 9.23. The third-order valence-corrected chi connectivity index (χ3v) is 5.47. The lowest BCUT2D eigenvalue weighted by Gasteiger charge is -2.18. The molecule has 0 spiro atoms. The highest BCUT2D eigenvalue weighted by Gasteiger charge is 2.25. The van der Waals surface area contributed by atoms with Crippen molar-refractivity contribution in [1.29, 1.82) is 0 Å². The molecule has 0 unspecified atom stereocenters. The zero-order valence-electron chi connectivity index (χ0n) is 17.2. The van der Waals surface area contributed by atoms with Gasteiger partial charge in [-0.1, -0.05) is 41.4 Å². The Bertz CT molecular complexity index is 1110. The minimum Gasteiger partial charge on any atom is -0.484 e. The molecule has 0 fully saturated rings. The maximum atomic E-state index is 12.9. The zero-order valence-corrected chi connectivity index (χ0v) is 18.0. The Hall–Kier alpha value is -3.31. The predicted octanol–water partition coefficient (Wildman–Crippen LogP) is 4.55. The number of nitrogens with one attached hydrogen (secondary N) is 1. The highest BCUT2D eigenvalue weighted by atomic mass is 35.5. The fourth-order valence-electron chi connectivity index (χ4n) is 3.64. The summed E-state index contributed by atoms with van der Waals surface area (Å²) in [5, 5.41) is 3.49. The quantitative estimate of drug-likeness (QED) is 0.619. The van der Waals surface area contributed by atoms with E-state index in [0.717, 1.165) is 28.8 Å². The molecule has 1 heterocycles. The molecule has 31 heavy (non-hydrogen) atoms. The normalized spacial score (nSPS) is 12.4. The number of hydrogen-bond donors (Lipinski definition) is 1. The number of ether oxygens (including phenoxy) is 1. The number of fused-ring (bicyclic) bond motifs is 1. The van der Waals surface area contributed by atoms with Crippen LogP contribution >= 0.6 is 11.6 Å². The van der Waals surface area contributed by atoms with Crippen LogP contribution in [0.2, 0.25) is 5.02 Å². The van der Waals surface area contributed by atoms with Crippen molar-refractivity contribution in [1.82, 2.24) is 5.32 Å². The van der Waals surface area contributed by atoms with Gasteiger partial charge in [-0.15, -0.1) is 0 Å². The third-order valence-electron chi connectivity index (χ3n) is 5.22. The van der Waals surface area contributed by atoms with Crippen LogP contribution in [0, 0.1) is 6.92 Å². The first kappa shape index (κ1) is 20.9. The molecule has 0 atom stereocenters. The van der Waals surface area contributed by atoms with Crippen LogP contribution in [0.4, 0.5) is 5.69 Å². The van der Waals surface area contributed by atoms with Crippen molar-refractivity contribution in [2.75, 3.05) is 18.1 Å². The smallest absolute Gasteiger partial charge is 0.258 e. The Labute approximate surface area is 186 Å². The SMILES string of the molecule is Cc1cccc(C(=O)N2CCc3cc(CNC(=O)COc4ccc(Cl)cc4)ccc32)c1. The van der Waals surface area contributed by atoms with E-state index < -0.39 is 0 Å². The van der Waals surface area contributed by atoms with E-state index in [1.807, 2.05) is 48.2 Å². The summed E-state index contributed by atoms with van der Waals surface area (Å²) in [5.41, 5.74) is 4.81. The summed E-state index contributed by atoms with van der Waals surface area (Å²) in [5.74, 6) is 0.407. The van der Waals surface area contributed by atoms with E-state index in [1.54, 1.807) is 24.3 Å². The molecule has 4 rings (SSSR count). The van der Waals surface area contributed by atoms with Gasteiger partial charge in [0.15, 0.2) is 6.61 Å². The van der Waals surface area contributed by atoms with Gasteiger partial charge in [-0.2, -0.15) is 0 Å². The number of amides is 2. The molecular weight excluding hydrogens is 412 g/mol. The van der Waals surface area contributed by atoms with E-state index in [4.69, 9.17) is 16.3 Å². The molecule has 1 aliphatic heterocycles. The fraction of sp³-hybridized carbons (Fsp3) is 0.200. The third kappa shape index (κ3) is 5.06. The summed E-state index contributed by atoms with van der Waals surface area (Å²) in [7, 11) is 0. The maximum absolute atomic E-state index is 12.9. The number of nitrogens with zero attached hydrogens (tertiary/aromatic N) is 1. The van der Waals surface area contributed by atoms with Crippen molar-refractivity contribution in [3.05, 3.63) is 94.0 Å². The molecule has 1 N–H and O–H groups in total. The molecule has 5 nitrogen and oxygen atoms in total. The van der Waals surface area contributed by atoms with Crippen molar-refractivity contribution >= 4 is 29.1 Å². The largest absolute Gasteiger partial charge is 0.484 e. The van der Waals surface area contributed by atoms with Crippen molar-refractivity contribution < 1.29 is 14.3 Å². The van der Waals surface area contributed by atoms with Gasteiger partial charge in [-0.05, 0) is 66.9 Å². The summed E-state index contributed by atoms with van der Waals surface area (Å²) < 4.78 is 5.46. The van der Waals surface area contributed by atoms with Gasteiger partial charge in [0.25, 0.3) is 11.8 Å². The molecule has 1 aliphatic rings. The minimum absolute atomic E-state index is 0.0165. The average Bonchev–Trinajstić information content (AvgIpc) is 3.20. The molecule has 6 heteroatoms. The predicted molar refractivity (Wildman–Crippen MR) is 122 cm³/mol. The minimum atomic E-state index is -0.202.